The van der Waals surface area contributed by atoms with Gasteiger partial charge in [0.15, 0.2) is 11.6 Å². The predicted octanol–water partition coefficient (Wildman–Crippen LogP) is 2.20. The molecule has 8 nitrogen and oxygen atoms in total. The van der Waals surface area contributed by atoms with Crippen LogP contribution in [-0.2, 0) is 4.74 Å². The zero-order valence-electron chi connectivity index (χ0n) is 14.8. The number of pyridine rings is 1. The number of halogens is 1. The molecule has 6 N–H and O–H groups in total. The van der Waals surface area contributed by atoms with Crippen molar-refractivity contribution in [3.05, 3.63) is 41.2 Å². The van der Waals surface area contributed by atoms with Crippen LogP contribution in [0.4, 0.5) is 21.7 Å². The van der Waals surface area contributed by atoms with Gasteiger partial charge in [0.25, 0.3) is 5.91 Å². The van der Waals surface area contributed by atoms with E-state index in [9.17, 15) is 9.18 Å². The van der Waals surface area contributed by atoms with Crippen LogP contribution >= 0.6 is 11.3 Å². The van der Waals surface area contributed by atoms with Crippen LogP contribution in [-0.4, -0.2) is 41.2 Å². The van der Waals surface area contributed by atoms with Crippen molar-refractivity contribution in [3.8, 4) is 0 Å². The molecule has 0 aliphatic carbocycles. The fraction of sp³-hybridized carbons (Fsp3) is 0.278. The number of anilines is 3. The van der Waals surface area contributed by atoms with Crippen LogP contribution in [0.5, 0.6) is 0 Å². The number of benzene rings is 1. The molecule has 1 fully saturated rings. The summed E-state index contributed by atoms with van der Waals surface area (Å²) in [5.41, 5.74) is 14.6. The molecule has 0 bridgehead atoms. The van der Waals surface area contributed by atoms with Gasteiger partial charge >= 0.3 is 0 Å². The lowest BCUT2D eigenvalue weighted by Crippen LogP contribution is -2.47. The molecule has 0 spiro atoms. The zero-order chi connectivity index (χ0) is 19.7. The van der Waals surface area contributed by atoms with Crippen LogP contribution in [0.2, 0.25) is 0 Å². The lowest BCUT2D eigenvalue weighted by atomic mass is 10.0. The van der Waals surface area contributed by atoms with Crippen molar-refractivity contribution < 1.29 is 13.9 Å². The first-order valence-corrected chi connectivity index (χ1v) is 9.59. The number of hydrogen-bond acceptors (Lipinski definition) is 8. The first-order valence-electron chi connectivity index (χ1n) is 8.72. The molecular formula is C18H19FN6O2S. The van der Waals surface area contributed by atoms with Gasteiger partial charge in [-0.3, -0.25) is 4.79 Å². The maximum atomic E-state index is 14.5. The van der Waals surface area contributed by atoms with E-state index < -0.39 is 11.7 Å². The van der Waals surface area contributed by atoms with Crippen LogP contribution in [0.15, 0.2) is 29.8 Å². The fourth-order valence-electron chi connectivity index (χ4n) is 3.06. The SMILES string of the molecule is NC(=O)c1cc(F)c(N[C@@H]2CCOC[C@@H]2N)nc1Nc1ccc2scnc2c1. The zero-order valence-corrected chi connectivity index (χ0v) is 15.6. The minimum Gasteiger partial charge on any atom is -0.380 e. The molecule has 1 aliphatic rings. The van der Waals surface area contributed by atoms with E-state index in [0.29, 0.717) is 25.3 Å². The quantitative estimate of drug-likeness (QED) is 0.515. The van der Waals surface area contributed by atoms with Gasteiger partial charge in [-0.2, -0.15) is 0 Å². The van der Waals surface area contributed by atoms with Gasteiger partial charge in [-0.25, -0.2) is 14.4 Å². The second kappa shape index (κ2) is 7.66. The Balaban J connectivity index is 1.66. The molecule has 1 aromatic carbocycles. The number of carbonyl (C=O) groups excluding carboxylic acids is 1. The molecule has 146 valence electrons. The number of primary amides is 1. The first kappa shape index (κ1) is 18.5. The Morgan fingerprint density at radius 1 is 1.32 bits per heavy atom. The van der Waals surface area contributed by atoms with Gasteiger partial charge in [-0.15, -0.1) is 11.3 Å². The summed E-state index contributed by atoms with van der Waals surface area (Å²) in [6.45, 7) is 0.919. The van der Waals surface area contributed by atoms with Gasteiger partial charge in [0, 0.05) is 24.4 Å². The summed E-state index contributed by atoms with van der Waals surface area (Å²) in [5.74, 6) is -1.29. The normalized spacial score (nSPS) is 19.5. The summed E-state index contributed by atoms with van der Waals surface area (Å²) in [4.78, 5) is 20.3. The first-order chi connectivity index (χ1) is 13.5. The topological polar surface area (TPSA) is 128 Å². The van der Waals surface area contributed by atoms with E-state index in [1.54, 1.807) is 5.51 Å². The highest BCUT2D eigenvalue weighted by molar-refractivity contribution is 7.16. The van der Waals surface area contributed by atoms with Crippen molar-refractivity contribution in [2.24, 2.45) is 11.5 Å². The van der Waals surface area contributed by atoms with Gasteiger partial charge in [-0.1, -0.05) is 0 Å². The highest BCUT2D eigenvalue weighted by atomic mass is 32.1. The largest absolute Gasteiger partial charge is 0.380 e. The van der Waals surface area contributed by atoms with Crippen LogP contribution in [0.25, 0.3) is 10.2 Å². The number of aromatic nitrogens is 2. The van der Waals surface area contributed by atoms with E-state index in [4.69, 9.17) is 16.2 Å². The minimum atomic E-state index is -0.780. The van der Waals surface area contributed by atoms with Crippen molar-refractivity contribution in [2.45, 2.75) is 18.5 Å². The van der Waals surface area contributed by atoms with Crippen molar-refractivity contribution in [1.82, 2.24) is 9.97 Å². The highest BCUT2D eigenvalue weighted by Crippen LogP contribution is 2.27. The maximum absolute atomic E-state index is 14.5. The van der Waals surface area contributed by atoms with Crippen molar-refractivity contribution >= 4 is 44.8 Å². The van der Waals surface area contributed by atoms with Gasteiger partial charge < -0.3 is 26.8 Å². The molecule has 2 aromatic heterocycles. The van der Waals surface area contributed by atoms with Gasteiger partial charge in [0.2, 0.25) is 0 Å². The minimum absolute atomic E-state index is 0.00425. The summed E-state index contributed by atoms with van der Waals surface area (Å²) in [6.07, 6.45) is 0.628. The van der Waals surface area contributed by atoms with Gasteiger partial charge in [0.1, 0.15) is 5.82 Å². The number of rotatable bonds is 5. The number of amides is 1. The number of thiazole rings is 1. The summed E-state index contributed by atoms with van der Waals surface area (Å²) in [5, 5.41) is 6.06. The third-order valence-corrected chi connectivity index (χ3v) is 5.37. The Morgan fingerprint density at radius 2 is 2.18 bits per heavy atom. The second-order valence-corrected chi connectivity index (χ2v) is 7.40. The average Bonchev–Trinajstić information content (AvgIpc) is 3.13. The molecule has 0 radical (unpaired) electrons. The monoisotopic (exact) mass is 402 g/mol. The Kier molecular flexibility index (Phi) is 5.07. The lowest BCUT2D eigenvalue weighted by Gasteiger charge is -2.30. The van der Waals surface area contributed by atoms with E-state index in [-0.39, 0.29) is 29.3 Å². The summed E-state index contributed by atoms with van der Waals surface area (Å²) in [7, 11) is 0. The number of ether oxygens (including phenoxy) is 1. The molecule has 10 heteroatoms. The van der Waals surface area contributed by atoms with E-state index in [0.717, 1.165) is 16.3 Å². The third-order valence-electron chi connectivity index (χ3n) is 4.56. The molecule has 1 amide bonds. The van der Waals surface area contributed by atoms with E-state index >= 15 is 0 Å². The molecule has 28 heavy (non-hydrogen) atoms. The number of carbonyl (C=O) groups is 1. The number of nitrogens with zero attached hydrogens (tertiary/aromatic N) is 2. The average molecular weight is 402 g/mol. The second-order valence-electron chi connectivity index (χ2n) is 6.52. The molecule has 3 heterocycles. The van der Waals surface area contributed by atoms with Crippen LogP contribution < -0.4 is 22.1 Å². The Hall–Kier alpha value is -2.82. The van der Waals surface area contributed by atoms with Gasteiger partial charge in [0.05, 0.1) is 27.9 Å². The molecular weight excluding hydrogens is 383 g/mol. The Labute approximate surface area is 164 Å². The maximum Gasteiger partial charge on any atom is 0.252 e. The van der Waals surface area contributed by atoms with Crippen molar-refractivity contribution in [3.63, 3.8) is 0 Å². The van der Waals surface area contributed by atoms with Crippen LogP contribution in [0, 0.1) is 5.82 Å². The number of nitrogens with one attached hydrogen (secondary N) is 2. The molecule has 4 rings (SSSR count). The van der Waals surface area contributed by atoms with Crippen molar-refractivity contribution in [2.75, 3.05) is 23.8 Å². The van der Waals surface area contributed by atoms with Gasteiger partial charge in [-0.05, 0) is 30.7 Å². The number of fused-ring (bicyclic) bond motifs is 1. The summed E-state index contributed by atoms with van der Waals surface area (Å²) < 4.78 is 20.9. The van der Waals surface area contributed by atoms with Crippen LogP contribution in [0.1, 0.15) is 16.8 Å². The predicted molar refractivity (Wildman–Crippen MR) is 106 cm³/mol. The molecule has 3 aromatic rings. The van der Waals surface area contributed by atoms with Crippen molar-refractivity contribution in [1.29, 1.82) is 0 Å². The lowest BCUT2D eigenvalue weighted by molar-refractivity contribution is 0.0751. The third kappa shape index (κ3) is 3.75. The van der Waals surface area contributed by atoms with E-state index in [1.165, 1.54) is 11.3 Å². The molecule has 1 aliphatic heterocycles. The fourth-order valence-corrected chi connectivity index (χ4v) is 3.72. The van der Waals surface area contributed by atoms with E-state index in [2.05, 4.69) is 20.6 Å². The Bertz CT molecular complexity index is 1030. The smallest absolute Gasteiger partial charge is 0.252 e. The Morgan fingerprint density at radius 3 is 2.96 bits per heavy atom. The number of hydrogen-bond donors (Lipinski definition) is 4. The summed E-state index contributed by atoms with van der Waals surface area (Å²) >= 11 is 1.52. The van der Waals surface area contributed by atoms with Crippen LogP contribution in [0.3, 0.4) is 0 Å². The molecule has 0 saturated carbocycles. The highest BCUT2D eigenvalue weighted by Gasteiger charge is 2.25. The summed E-state index contributed by atoms with van der Waals surface area (Å²) in [6, 6.07) is 6.17. The molecule has 0 unspecified atom stereocenters. The number of nitrogens with two attached hydrogens (primary N) is 2. The standard InChI is InChI=1S/C18H19FN6O2S/c19-11-6-10(16(21)26)17(23-9-1-2-15-14(5-9)22-8-28-15)25-18(11)24-13-3-4-27-7-12(13)20/h1-2,5-6,8,12-13H,3-4,7,20H2,(H2,21,26)(H2,23,24,25)/t12-,13+/m0/s1. The molecule has 2 atom stereocenters. The van der Waals surface area contributed by atoms with E-state index in [1.807, 2.05) is 18.2 Å². The molecule has 1 saturated heterocycles.